The number of alkyl carbamates (subject to hydrolysis) is 1. The van der Waals surface area contributed by atoms with Gasteiger partial charge >= 0.3 is 12.1 Å². The molecule has 0 saturated carbocycles. The topological polar surface area (TPSA) is 119 Å². The van der Waals surface area contributed by atoms with Gasteiger partial charge in [0.15, 0.2) is 0 Å². The molecule has 0 saturated heterocycles. The first kappa shape index (κ1) is 25.5. The quantitative estimate of drug-likeness (QED) is 0.193. The number of nitrogens with zero attached hydrogens (tertiary/aromatic N) is 1. The lowest BCUT2D eigenvalue weighted by molar-refractivity contribution is -0.385. The number of carbonyl (C=O) groups excluding carboxylic acids is 1. The van der Waals surface area contributed by atoms with Gasteiger partial charge in [-0.15, -0.1) is 0 Å². The van der Waals surface area contributed by atoms with E-state index in [4.69, 9.17) is 16.3 Å². The third-order valence-electron chi connectivity index (χ3n) is 5.98. The second-order valence-corrected chi connectivity index (χ2v) is 9.77. The number of nitro benzene ring substituents is 1. The molecule has 36 heavy (non-hydrogen) atoms. The van der Waals surface area contributed by atoms with E-state index in [0.717, 1.165) is 22.3 Å². The van der Waals surface area contributed by atoms with Gasteiger partial charge in [0.25, 0.3) is 5.69 Å². The Morgan fingerprint density at radius 1 is 1.08 bits per heavy atom. The number of halogens is 1. The third-order valence-corrected chi connectivity index (χ3v) is 7.26. The first-order chi connectivity index (χ1) is 17.3. The van der Waals surface area contributed by atoms with Crippen LogP contribution in [0.2, 0.25) is 5.02 Å². The molecule has 1 atom stereocenters. The number of ether oxygens (including phenoxy) is 1. The Kier molecular flexibility index (Phi) is 8.12. The maximum Gasteiger partial charge on any atom is 0.407 e. The molecule has 1 aliphatic carbocycles. The van der Waals surface area contributed by atoms with Crippen molar-refractivity contribution in [2.45, 2.75) is 24.1 Å². The Morgan fingerprint density at radius 2 is 1.72 bits per heavy atom. The normalized spacial score (nSPS) is 12.9. The first-order valence-electron chi connectivity index (χ1n) is 11.2. The number of carboxylic acid groups (broad SMARTS) is 1. The van der Waals surface area contributed by atoms with E-state index >= 15 is 0 Å². The van der Waals surface area contributed by atoms with E-state index in [1.54, 1.807) is 0 Å². The van der Waals surface area contributed by atoms with E-state index in [1.807, 2.05) is 48.5 Å². The average molecular weight is 527 g/mol. The molecule has 8 nitrogen and oxygen atoms in total. The van der Waals surface area contributed by atoms with Crippen LogP contribution in [0.5, 0.6) is 0 Å². The summed E-state index contributed by atoms with van der Waals surface area (Å²) in [6.07, 6.45) is -0.682. The molecule has 0 fully saturated rings. The Hall–Kier alpha value is -3.56. The van der Waals surface area contributed by atoms with Gasteiger partial charge in [-0.1, -0.05) is 60.1 Å². The van der Waals surface area contributed by atoms with Crippen LogP contribution in [0.1, 0.15) is 29.0 Å². The summed E-state index contributed by atoms with van der Waals surface area (Å²) in [4.78, 5) is 34.9. The smallest absolute Gasteiger partial charge is 0.407 e. The SMILES string of the molecule is O=C(NC(CCSCc1cc(Cl)ccc1[N+](=O)[O-])C(=O)O)OCC1c2ccccc2-c2ccccc21. The van der Waals surface area contributed by atoms with Gasteiger partial charge < -0.3 is 15.2 Å². The summed E-state index contributed by atoms with van der Waals surface area (Å²) < 4.78 is 5.44. The molecule has 0 bridgehead atoms. The molecule has 0 aromatic heterocycles. The number of fused-ring (bicyclic) bond motifs is 3. The fourth-order valence-corrected chi connectivity index (χ4v) is 5.46. The monoisotopic (exact) mass is 526 g/mol. The van der Waals surface area contributed by atoms with Crippen molar-refractivity contribution in [1.82, 2.24) is 5.32 Å². The van der Waals surface area contributed by atoms with E-state index in [1.165, 1.54) is 30.0 Å². The average Bonchev–Trinajstić information content (AvgIpc) is 3.18. The number of aliphatic carboxylic acids is 1. The van der Waals surface area contributed by atoms with Crippen LogP contribution in [-0.2, 0) is 15.3 Å². The fraction of sp³-hybridized carbons (Fsp3) is 0.231. The molecule has 2 N–H and O–H groups in total. The maximum absolute atomic E-state index is 12.5. The van der Waals surface area contributed by atoms with Crippen molar-refractivity contribution in [3.63, 3.8) is 0 Å². The lowest BCUT2D eigenvalue weighted by Gasteiger charge is -2.17. The predicted molar refractivity (Wildman–Crippen MR) is 139 cm³/mol. The number of carboxylic acids is 1. The molecule has 1 aliphatic rings. The Balaban J connectivity index is 1.30. The zero-order valence-corrected chi connectivity index (χ0v) is 20.6. The highest BCUT2D eigenvalue weighted by atomic mass is 35.5. The van der Waals surface area contributed by atoms with Gasteiger partial charge in [0.05, 0.1) is 4.92 Å². The molecule has 0 spiro atoms. The van der Waals surface area contributed by atoms with Gasteiger partial charge in [-0.05, 0) is 46.6 Å². The van der Waals surface area contributed by atoms with Gasteiger partial charge in [0.2, 0.25) is 0 Å². The number of carbonyl (C=O) groups is 2. The number of rotatable bonds is 10. The molecule has 1 amide bonds. The number of hydrogen-bond acceptors (Lipinski definition) is 6. The summed E-state index contributed by atoms with van der Waals surface area (Å²) in [6, 6.07) is 19.0. The molecule has 3 aromatic rings. The van der Waals surface area contributed by atoms with Crippen LogP contribution in [0.3, 0.4) is 0 Å². The van der Waals surface area contributed by atoms with Crippen molar-refractivity contribution in [2.24, 2.45) is 0 Å². The molecule has 186 valence electrons. The minimum atomic E-state index is -1.18. The molecule has 3 aromatic carbocycles. The predicted octanol–water partition coefficient (Wildman–Crippen LogP) is 5.86. The first-order valence-corrected chi connectivity index (χ1v) is 12.7. The summed E-state index contributed by atoms with van der Waals surface area (Å²) in [6.45, 7) is 0.0827. The van der Waals surface area contributed by atoms with Gasteiger partial charge in [0.1, 0.15) is 12.6 Å². The Morgan fingerprint density at radius 3 is 2.33 bits per heavy atom. The summed E-state index contributed by atoms with van der Waals surface area (Å²) in [5.74, 6) is -0.674. The van der Waals surface area contributed by atoms with Crippen LogP contribution in [-0.4, -0.2) is 40.5 Å². The van der Waals surface area contributed by atoms with Crippen LogP contribution in [0.15, 0.2) is 66.7 Å². The Bertz CT molecular complexity index is 1260. The second kappa shape index (κ2) is 11.5. The van der Waals surface area contributed by atoms with Crippen LogP contribution in [0, 0.1) is 10.1 Å². The van der Waals surface area contributed by atoms with Gasteiger partial charge in [0, 0.05) is 28.3 Å². The molecule has 1 unspecified atom stereocenters. The largest absolute Gasteiger partial charge is 0.480 e. The van der Waals surface area contributed by atoms with Gasteiger partial charge in [-0.25, -0.2) is 9.59 Å². The molecule has 0 heterocycles. The summed E-state index contributed by atoms with van der Waals surface area (Å²) >= 11 is 7.26. The molecule has 0 radical (unpaired) electrons. The van der Waals surface area contributed by atoms with Crippen molar-refractivity contribution in [2.75, 3.05) is 12.4 Å². The van der Waals surface area contributed by atoms with E-state index in [2.05, 4.69) is 5.32 Å². The van der Waals surface area contributed by atoms with Crippen LogP contribution < -0.4 is 5.32 Å². The summed E-state index contributed by atoms with van der Waals surface area (Å²) in [5, 5.41) is 23.5. The molecular formula is C26H23ClN2O6S. The standard InChI is InChI=1S/C26H23ClN2O6S/c27-17-9-10-24(29(33)34)16(13-17)15-36-12-11-23(25(30)31)28-26(32)35-14-22-20-7-3-1-5-18(20)19-6-2-4-8-21(19)22/h1-10,13,22-23H,11-12,14-15H2,(H,28,32)(H,30,31). The molecular weight excluding hydrogens is 504 g/mol. The number of benzene rings is 3. The van der Waals surface area contributed by atoms with E-state index in [9.17, 15) is 24.8 Å². The third kappa shape index (κ3) is 5.80. The highest BCUT2D eigenvalue weighted by Gasteiger charge is 2.29. The van der Waals surface area contributed by atoms with Crippen molar-refractivity contribution in [1.29, 1.82) is 0 Å². The van der Waals surface area contributed by atoms with E-state index in [-0.39, 0.29) is 30.4 Å². The van der Waals surface area contributed by atoms with Crippen LogP contribution in [0.4, 0.5) is 10.5 Å². The van der Waals surface area contributed by atoms with E-state index in [0.29, 0.717) is 16.3 Å². The van der Waals surface area contributed by atoms with Crippen molar-refractivity contribution >= 4 is 41.1 Å². The minimum absolute atomic E-state index is 0.0431. The number of amides is 1. The highest BCUT2D eigenvalue weighted by molar-refractivity contribution is 7.98. The Labute approximate surface area is 216 Å². The number of hydrogen-bond donors (Lipinski definition) is 2. The number of nitro groups is 1. The van der Waals surface area contributed by atoms with Crippen molar-refractivity contribution in [3.05, 3.63) is 98.6 Å². The second-order valence-electron chi connectivity index (χ2n) is 8.23. The number of thioether (sulfide) groups is 1. The van der Waals surface area contributed by atoms with E-state index < -0.39 is 23.0 Å². The maximum atomic E-state index is 12.5. The van der Waals surface area contributed by atoms with Crippen molar-refractivity contribution < 1.29 is 24.4 Å². The fourth-order valence-electron chi connectivity index (χ4n) is 4.27. The van der Waals surface area contributed by atoms with Gasteiger partial charge in [-0.3, -0.25) is 10.1 Å². The zero-order chi connectivity index (χ0) is 25.7. The molecule has 10 heteroatoms. The summed E-state index contributed by atoms with van der Waals surface area (Å²) in [7, 11) is 0. The minimum Gasteiger partial charge on any atom is -0.480 e. The van der Waals surface area contributed by atoms with Crippen LogP contribution >= 0.6 is 23.4 Å². The van der Waals surface area contributed by atoms with Crippen molar-refractivity contribution in [3.8, 4) is 11.1 Å². The zero-order valence-electron chi connectivity index (χ0n) is 19.1. The lowest BCUT2D eigenvalue weighted by Crippen LogP contribution is -2.41. The number of nitrogens with one attached hydrogen (secondary N) is 1. The van der Waals surface area contributed by atoms with Crippen LogP contribution in [0.25, 0.3) is 11.1 Å². The highest BCUT2D eigenvalue weighted by Crippen LogP contribution is 2.44. The molecule has 4 rings (SSSR count). The lowest BCUT2D eigenvalue weighted by atomic mass is 9.98. The summed E-state index contributed by atoms with van der Waals surface area (Å²) in [5.41, 5.74) is 4.73. The molecule has 0 aliphatic heterocycles. The van der Waals surface area contributed by atoms with Gasteiger partial charge in [-0.2, -0.15) is 11.8 Å².